The van der Waals surface area contributed by atoms with Crippen LogP contribution in [0.2, 0.25) is 0 Å². The molecule has 11 heteroatoms. The fourth-order valence-corrected chi connectivity index (χ4v) is 4.76. The highest BCUT2D eigenvalue weighted by molar-refractivity contribution is 5.96. The molecule has 214 valence electrons. The third kappa shape index (κ3) is 6.79. The zero-order chi connectivity index (χ0) is 29.0. The number of nitrogens with zero attached hydrogens (tertiary/aromatic N) is 7. The van der Waals surface area contributed by atoms with Gasteiger partial charge in [-0.15, -0.1) is 0 Å². The van der Waals surface area contributed by atoms with Crippen LogP contribution < -0.4 is 5.32 Å². The Kier molecular flexibility index (Phi) is 8.14. The minimum atomic E-state index is -0.549. The Hall–Kier alpha value is -4.54. The molecule has 1 saturated heterocycles. The number of carbonyl (C=O) groups is 2. The van der Waals surface area contributed by atoms with Gasteiger partial charge in [0.2, 0.25) is 5.95 Å². The largest absolute Gasteiger partial charge is 0.444 e. The first kappa shape index (κ1) is 28.0. The summed E-state index contributed by atoms with van der Waals surface area (Å²) in [6.07, 6.45) is 13.4. The molecule has 4 heterocycles. The fourth-order valence-electron chi connectivity index (χ4n) is 4.76. The Bertz CT molecular complexity index is 1450. The molecule has 11 nitrogen and oxygen atoms in total. The van der Waals surface area contributed by atoms with Crippen molar-refractivity contribution in [2.75, 3.05) is 31.5 Å². The van der Waals surface area contributed by atoms with Crippen LogP contribution in [0.3, 0.4) is 0 Å². The summed E-state index contributed by atoms with van der Waals surface area (Å²) in [5.74, 6) is 0.414. The zero-order valence-electron chi connectivity index (χ0n) is 23.9. The number of hydrogen-bond acceptors (Lipinski definition) is 8. The average molecular weight is 557 g/mol. The van der Waals surface area contributed by atoms with Crippen molar-refractivity contribution in [3.63, 3.8) is 0 Å². The Morgan fingerprint density at radius 2 is 1.88 bits per heavy atom. The molecule has 5 rings (SSSR count). The minimum Gasteiger partial charge on any atom is -0.444 e. The molecule has 0 spiro atoms. The predicted octanol–water partition coefficient (Wildman–Crippen LogP) is 4.17. The molecule has 1 N–H and O–H groups in total. The topological polar surface area (TPSA) is 118 Å². The van der Waals surface area contributed by atoms with Crippen molar-refractivity contribution in [3.05, 3.63) is 66.8 Å². The third-order valence-electron chi connectivity index (χ3n) is 6.80. The molecule has 41 heavy (non-hydrogen) atoms. The molecule has 3 aromatic rings. The lowest BCUT2D eigenvalue weighted by Gasteiger charge is -2.36. The van der Waals surface area contributed by atoms with Crippen molar-refractivity contribution in [2.45, 2.75) is 52.3 Å². The van der Waals surface area contributed by atoms with Gasteiger partial charge in [0.15, 0.2) is 0 Å². The van der Waals surface area contributed by atoms with Crippen molar-refractivity contribution in [3.8, 4) is 22.5 Å². The first-order chi connectivity index (χ1) is 19.7. The van der Waals surface area contributed by atoms with Gasteiger partial charge in [-0.05, 0) is 58.4 Å². The summed E-state index contributed by atoms with van der Waals surface area (Å²) in [7, 11) is 0. The molecule has 1 fully saturated rings. The van der Waals surface area contributed by atoms with E-state index in [0.29, 0.717) is 44.1 Å². The van der Waals surface area contributed by atoms with Gasteiger partial charge in [-0.25, -0.2) is 14.8 Å². The van der Waals surface area contributed by atoms with Gasteiger partial charge in [0, 0.05) is 74.2 Å². The Morgan fingerprint density at radius 1 is 1.10 bits per heavy atom. The van der Waals surface area contributed by atoms with Crippen LogP contribution >= 0.6 is 0 Å². The van der Waals surface area contributed by atoms with Crippen LogP contribution in [0.25, 0.3) is 22.5 Å². The number of nitrogens with one attached hydrogen (secondary N) is 1. The number of amides is 2. The fraction of sp³-hybridized carbons (Fsp3) is 0.400. The van der Waals surface area contributed by atoms with Crippen molar-refractivity contribution in [1.29, 1.82) is 0 Å². The number of pyridine rings is 1. The van der Waals surface area contributed by atoms with E-state index in [1.807, 2.05) is 75.0 Å². The number of hydrogen-bond donors (Lipinski definition) is 1. The van der Waals surface area contributed by atoms with E-state index in [1.165, 1.54) is 0 Å². The second-order valence-corrected chi connectivity index (χ2v) is 11.0. The SMILES string of the molecule is CCn1cc(-c2ccnc(NC3C=C(C(=O)N4CCN(C(=O)OC(C)(C)C)CC4)C=CC3)n2)c(-c2cccnc2)n1. The number of piperazine rings is 1. The molecule has 2 amide bonds. The summed E-state index contributed by atoms with van der Waals surface area (Å²) in [6, 6.07) is 5.59. The van der Waals surface area contributed by atoms with Crippen molar-refractivity contribution in [2.24, 2.45) is 0 Å². The average Bonchev–Trinajstić information content (AvgIpc) is 3.42. The number of carbonyl (C=O) groups excluding carboxylic acids is 2. The van der Waals surface area contributed by atoms with E-state index >= 15 is 0 Å². The van der Waals surface area contributed by atoms with E-state index in [9.17, 15) is 9.59 Å². The maximum absolute atomic E-state index is 13.3. The lowest BCUT2D eigenvalue weighted by molar-refractivity contribution is -0.128. The van der Waals surface area contributed by atoms with Gasteiger partial charge in [-0.2, -0.15) is 5.10 Å². The molecule has 1 aliphatic heterocycles. The van der Waals surface area contributed by atoms with Gasteiger partial charge < -0.3 is 19.9 Å². The van der Waals surface area contributed by atoms with Crippen molar-refractivity contribution < 1.29 is 14.3 Å². The summed E-state index contributed by atoms with van der Waals surface area (Å²) in [6.45, 7) is 10.1. The number of ether oxygens (including phenoxy) is 1. The second-order valence-electron chi connectivity index (χ2n) is 11.0. The highest BCUT2D eigenvalue weighted by Gasteiger charge is 2.29. The summed E-state index contributed by atoms with van der Waals surface area (Å²) < 4.78 is 7.35. The number of aryl methyl sites for hydroxylation is 1. The van der Waals surface area contributed by atoms with E-state index in [0.717, 1.165) is 29.1 Å². The standard InChI is InChI=1S/C30H36N8O3/c1-5-38-20-24(26(35-38)22-9-7-12-31-19-22)25-11-13-32-28(34-25)33-23-10-6-8-21(18-23)27(39)36-14-16-37(17-15-36)29(40)41-30(2,3)4/h6-9,11-13,18-20,23H,5,10,14-17H2,1-4H3,(H,32,33,34). The molecule has 0 bridgehead atoms. The molecule has 0 saturated carbocycles. The predicted molar refractivity (Wildman–Crippen MR) is 156 cm³/mol. The molecule has 0 aromatic carbocycles. The monoisotopic (exact) mass is 556 g/mol. The van der Waals surface area contributed by atoms with Crippen molar-refractivity contribution >= 4 is 17.9 Å². The van der Waals surface area contributed by atoms with E-state index in [-0.39, 0.29) is 18.0 Å². The van der Waals surface area contributed by atoms with Gasteiger partial charge in [-0.1, -0.05) is 12.2 Å². The van der Waals surface area contributed by atoms with Gasteiger partial charge in [0.25, 0.3) is 5.91 Å². The Labute approximate surface area is 239 Å². The van der Waals surface area contributed by atoms with E-state index < -0.39 is 5.60 Å². The first-order valence-corrected chi connectivity index (χ1v) is 13.9. The van der Waals surface area contributed by atoms with Crippen LogP contribution in [0, 0.1) is 0 Å². The van der Waals surface area contributed by atoms with Crippen LogP contribution in [0.5, 0.6) is 0 Å². The van der Waals surface area contributed by atoms with Crippen LogP contribution in [0.1, 0.15) is 34.1 Å². The van der Waals surface area contributed by atoms with Gasteiger partial charge in [-0.3, -0.25) is 14.5 Å². The van der Waals surface area contributed by atoms with Crippen molar-refractivity contribution in [1.82, 2.24) is 34.5 Å². The highest BCUT2D eigenvalue weighted by atomic mass is 16.6. The molecule has 1 aliphatic carbocycles. The second kappa shape index (κ2) is 11.9. The summed E-state index contributed by atoms with van der Waals surface area (Å²) >= 11 is 0. The smallest absolute Gasteiger partial charge is 0.410 e. The van der Waals surface area contributed by atoms with Crippen LogP contribution in [0.15, 0.2) is 66.8 Å². The molecule has 3 aromatic heterocycles. The molecular weight excluding hydrogens is 520 g/mol. The molecule has 1 unspecified atom stereocenters. The maximum atomic E-state index is 13.3. The van der Waals surface area contributed by atoms with Crippen LogP contribution in [-0.4, -0.2) is 84.4 Å². The van der Waals surface area contributed by atoms with E-state index in [2.05, 4.69) is 15.3 Å². The number of aromatic nitrogens is 5. The molecular formula is C30H36N8O3. The Balaban J connectivity index is 1.26. The van der Waals surface area contributed by atoms with Gasteiger partial charge >= 0.3 is 6.09 Å². The van der Waals surface area contributed by atoms with E-state index in [4.69, 9.17) is 14.8 Å². The molecule has 2 aliphatic rings. The maximum Gasteiger partial charge on any atom is 0.410 e. The minimum absolute atomic E-state index is 0.0562. The normalized spacial score (nSPS) is 17.3. The molecule has 0 radical (unpaired) electrons. The zero-order valence-corrected chi connectivity index (χ0v) is 23.9. The van der Waals surface area contributed by atoms with E-state index in [1.54, 1.807) is 28.4 Å². The summed E-state index contributed by atoms with van der Waals surface area (Å²) in [5.41, 5.74) is 3.43. The van der Waals surface area contributed by atoms with Gasteiger partial charge in [0.1, 0.15) is 11.3 Å². The number of anilines is 1. The summed E-state index contributed by atoms with van der Waals surface area (Å²) in [5, 5.41) is 8.10. The highest BCUT2D eigenvalue weighted by Crippen LogP contribution is 2.30. The van der Waals surface area contributed by atoms with Crippen LogP contribution in [-0.2, 0) is 16.1 Å². The number of rotatable bonds is 6. The summed E-state index contributed by atoms with van der Waals surface area (Å²) in [4.78, 5) is 42.6. The van der Waals surface area contributed by atoms with Gasteiger partial charge in [0.05, 0.1) is 11.7 Å². The molecule has 1 atom stereocenters. The lowest BCUT2D eigenvalue weighted by atomic mass is 10.0. The lowest BCUT2D eigenvalue weighted by Crippen LogP contribution is -2.52. The first-order valence-electron chi connectivity index (χ1n) is 13.9. The quantitative estimate of drug-likeness (QED) is 0.481. The third-order valence-corrected chi connectivity index (χ3v) is 6.80. The van der Waals surface area contributed by atoms with Crippen LogP contribution in [0.4, 0.5) is 10.7 Å². The Morgan fingerprint density at radius 3 is 2.59 bits per heavy atom.